The number of para-hydroxylation sites is 2. The van der Waals surface area contributed by atoms with Crippen LogP contribution in [0.4, 0.5) is 0 Å². The first-order valence-electron chi connectivity index (χ1n) is 13.0. The van der Waals surface area contributed by atoms with Crippen LogP contribution in [-0.2, 0) is 0 Å². The summed E-state index contributed by atoms with van der Waals surface area (Å²) in [4.78, 5) is 17.7. The van der Waals surface area contributed by atoms with E-state index in [1.807, 2.05) is 34.9 Å². The first kappa shape index (κ1) is 21.8. The Hall–Kier alpha value is -5.22. The topological polar surface area (TPSA) is 48.0 Å². The Labute approximate surface area is 223 Å². The van der Waals surface area contributed by atoms with Crippen LogP contribution in [0.25, 0.3) is 77.0 Å². The Kier molecular flexibility index (Phi) is 4.55. The molecule has 8 aromatic rings. The molecule has 4 heteroatoms. The van der Waals surface area contributed by atoms with E-state index < -0.39 is 0 Å². The van der Waals surface area contributed by atoms with Crippen LogP contribution in [0.1, 0.15) is 11.7 Å². The number of aromatic nitrogens is 2. The SMILES string of the molecule is CC(=O)n1c2ccc3ccccc3c2c2cc(-c3ccc(-c4nc5ccccc5o4)cc3)c3ccccc3c21. The van der Waals surface area contributed by atoms with Crippen LogP contribution in [0.15, 0.2) is 120 Å². The Bertz CT molecular complexity index is 2220. The average Bonchev–Trinajstić information content (AvgIpc) is 3.57. The van der Waals surface area contributed by atoms with Crippen LogP contribution >= 0.6 is 0 Å². The number of hydrogen-bond acceptors (Lipinski definition) is 3. The number of rotatable bonds is 2. The van der Waals surface area contributed by atoms with Gasteiger partial charge in [0, 0.05) is 28.6 Å². The van der Waals surface area contributed by atoms with Gasteiger partial charge in [-0.1, -0.05) is 78.9 Å². The zero-order valence-corrected chi connectivity index (χ0v) is 21.2. The van der Waals surface area contributed by atoms with Crippen molar-refractivity contribution in [3.63, 3.8) is 0 Å². The summed E-state index contributed by atoms with van der Waals surface area (Å²) in [5.41, 5.74) is 6.67. The third-order valence-corrected chi connectivity index (χ3v) is 7.71. The fraction of sp³-hybridized carbons (Fsp3) is 0.0286. The summed E-state index contributed by atoms with van der Waals surface area (Å²) in [7, 11) is 0. The van der Waals surface area contributed by atoms with E-state index in [1.54, 1.807) is 6.92 Å². The van der Waals surface area contributed by atoms with Crippen molar-refractivity contribution >= 4 is 60.4 Å². The molecule has 0 aliphatic heterocycles. The third-order valence-electron chi connectivity index (χ3n) is 7.71. The summed E-state index contributed by atoms with van der Waals surface area (Å²) in [6, 6.07) is 39.3. The van der Waals surface area contributed by atoms with Gasteiger partial charge in [-0.2, -0.15) is 0 Å². The zero-order valence-electron chi connectivity index (χ0n) is 21.2. The first-order chi connectivity index (χ1) is 19.2. The summed E-state index contributed by atoms with van der Waals surface area (Å²) < 4.78 is 7.87. The van der Waals surface area contributed by atoms with E-state index in [0.29, 0.717) is 5.89 Å². The highest BCUT2D eigenvalue weighted by Crippen LogP contribution is 2.42. The normalized spacial score (nSPS) is 11.8. The number of oxazole rings is 1. The van der Waals surface area contributed by atoms with Crippen molar-refractivity contribution in [1.29, 1.82) is 0 Å². The van der Waals surface area contributed by atoms with Crippen molar-refractivity contribution in [2.24, 2.45) is 0 Å². The number of hydrogen-bond donors (Lipinski definition) is 0. The molecular formula is C35H22N2O2. The predicted octanol–water partition coefficient (Wildman–Crippen LogP) is 9.24. The molecule has 0 spiro atoms. The Balaban J connectivity index is 1.42. The van der Waals surface area contributed by atoms with Crippen molar-refractivity contribution in [1.82, 2.24) is 9.55 Å². The Morgan fingerprint density at radius 3 is 2.18 bits per heavy atom. The summed E-state index contributed by atoms with van der Waals surface area (Å²) in [5.74, 6) is 0.616. The van der Waals surface area contributed by atoms with Crippen LogP contribution < -0.4 is 0 Å². The molecule has 0 amide bonds. The second-order valence-electron chi connectivity index (χ2n) is 9.97. The molecule has 39 heavy (non-hydrogen) atoms. The van der Waals surface area contributed by atoms with Crippen molar-refractivity contribution in [3.05, 3.63) is 115 Å². The number of carbonyl (C=O) groups is 1. The molecule has 2 aromatic heterocycles. The van der Waals surface area contributed by atoms with Gasteiger partial charge in [0.15, 0.2) is 5.58 Å². The van der Waals surface area contributed by atoms with E-state index in [2.05, 4.69) is 89.9 Å². The zero-order chi connectivity index (χ0) is 26.1. The number of fused-ring (bicyclic) bond motifs is 8. The monoisotopic (exact) mass is 502 g/mol. The molecule has 0 radical (unpaired) electrons. The maximum atomic E-state index is 13.1. The van der Waals surface area contributed by atoms with Gasteiger partial charge in [-0.05, 0) is 63.7 Å². The summed E-state index contributed by atoms with van der Waals surface area (Å²) >= 11 is 0. The van der Waals surface area contributed by atoms with E-state index in [1.165, 1.54) is 0 Å². The molecule has 0 N–H and O–H groups in total. The third kappa shape index (κ3) is 3.18. The van der Waals surface area contributed by atoms with Gasteiger partial charge in [-0.25, -0.2) is 4.98 Å². The second-order valence-corrected chi connectivity index (χ2v) is 9.97. The molecule has 8 rings (SSSR count). The lowest BCUT2D eigenvalue weighted by atomic mass is 9.94. The second kappa shape index (κ2) is 8.14. The summed E-state index contributed by atoms with van der Waals surface area (Å²) in [5, 5.41) is 6.65. The fourth-order valence-corrected chi connectivity index (χ4v) is 6.00. The number of carbonyl (C=O) groups excluding carboxylic acids is 1. The highest BCUT2D eigenvalue weighted by Gasteiger charge is 2.20. The lowest BCUT2D eigenvalue weighted by molar-refractivity contribution is 0.0946. The van der Waals surface area contributed by atoms with Crippen molar-refractivity contribution < 1.29 is 9.21 Å². The van der Waals surface area contributed by atoms with Gasteiger partial charge >= 0.3 is 0 Å². The molecule has 0 saturated heterocycles. The van der Waals surface area contributed by atoms with Crippen molar-refractivity contribution in [2.45, 2.75) is 6.92 Å². The van der Waals surface area contributed by atoms with E-state index in [0.717, 1.165) is 71.1 Å². The number of nitrogens with zero attached hydrogens (tertiary/aromatic N) is 2. The van der Waals surface area contributed by atoms with E-state index in [-0.39, 0.29) is 5.91 Å². The van der Waals surface area contributed by atoms with E-state index in [9.17, 15) is 4.79 Å². The van der Waals surface area contributed by atoms with Gasteiger partial charge in [0.05, 0.1) is 11.0 Å². The van der Waals surface area contributed by atoms with Gasteiger partial charge in [-0.3, -0.25) is 9.36 Å². The van der Waals surface area contributed by atoms with Crippen LogP contribution in [0.3, 0.4) is 0 Å². The van der Waals surface area contributed by atoms with Gasteiger partial charge in [0.25, 0.3) is 0 Å². The molecule has 4 nitrogen and oxygen atoms in total. The van der Waals surface area contributed by atoms with Gasteiger partial charge in [-0.15, -0.1) is 0 Å². The summed E-state index contributed by atoms with van der Waals surface area (Å²) in [6.45, 7) is 1.64. The quantitative estimate of drug-likeness (QED) is 0.237. The molecule has 184 valence electrons. The molecule has 0 fully saturated rings. The highest BCUT2D eigenvalue weighted by atomic mass is 16.3. The molecule has 2 heterocycles. The maximum Gasteiger partial charge on any atom is 0.228 e. The molecule has 0 unspecified atom stereocenters. The molecule has 0 atom stereocenters. The van der Waals surface area contributed by atoms with E-state index >= 15 is 0 Å². The maximum absolute atomic E-state index is 13.1. The molecule has 0 aliphatic rings. The van der Waals surface area contributed by atoms with Gasteiger partial charge < -0.3 is 4.42 Å². The van der Waals surface area contributed by atoms with Crippen LogP contribution in [0.2, 0.25) is 0 Å². The molecule has 6 aromatic carbocycles. The molecule has 0 bridgehead atoms. The van der Waals surface area contributed by atoms with Crippen LogP contribution in [-0.4, -0.2) is 15.5 Å². The molecule has 0 saturated carbocycles. The van der Waals surface area contributed by atoms with Gasteiger partial charge in [0.2, 0.25) is 11.8 Å². The van der Waals surface area contributed by atoms with Crippen LogP contribution in [0.5, 0.6) is 0 Å². The fourth-order valence-electron chi connectivity index (χ4n) is 6.00. The first-order valence-corrected chi connectivity index (χ1v) is 13.0. The van der Waals surface area contributed by atoms with Crippen LogP contribution in [0, 0.1) is 0 Å². The molecular weight excluding hydrogens is 480 g/mol. The van der Waals surface area contributed by atoms with Crippen molar-refractivity contribution in [2.75, 3.05) is 0 Å². The standard InChI is InChI=1S/C35H22N2O2/c1-21(38)37-31-19-18-22-8-2-3-9-25(22)33(31)29-20-28(26-10-4-5-11-27(26)34(29)37)23-14-16-24(17-15-23)35-36-30-12-6-7-13-32(30)39-35/h2-20H,1H3. The number of benzene rings is 6. The average molecular weight is 503 g/mol. The Morgan fingerprint density at radius 1 is 0.692 bits per heavy atom. The minimum absolute atomic E-state index is 0.00544. The minimum atomic E-state index is 0.00544. The predicted molar refractivity (Wildman–Crippen MR) is 159 cm³/mol. The largest absolute Gasteiger partial charge is 0.436 e. The lowest BCUT2D eigenvalue weighted by Gasteiger charge is -2.11. The highest BCUT2D eigenvalue weighted by molar-refractivity contribution is 6.29. The molecule has 0 aliphatic carbocycles. The smallest absolute Gasteiger partial charge is 0.228 e. The van der Waals surface area contributed by atoms with E-state index in [4.69, 9.17) is 4.42 Å². The minimum Gasteiger partial charge on any atom is -0.436 e. The Morgan fingerprint density at radius 2 is 1.38 bits per heavy atom. The van der Waals surface area contributed by atoms with Gasteiger partial charge in [0.1, 0.15) is 5.52 Å². The summed E-state index contributed by atoms with van der Waals surface area (Å²) in [6.07, 6.45) is 0. The lowest BCUT2D eigenvalue weighted by Crippen LogP contribution is -2.05. The van der Waals surface area contributed by atoms with Crippen molar-refractivity contribution in [3.8, 4) is 22.6 Å².